The van der Waals surface area contributed by atoms with Crippen molar-refractivity contribution < 1.29 is 14.3 Å². The molecule has 132 valence electrons. The van der Waals surface area contributed by atoms with Gasteiger partial charge in [0.25, 0.3) is 0 Å². The summed E-state index contributed by atoms with van der Waals surface area (Å²) in [5.74, 6) is -0.266. The van der Waals surface area contributed by atoms with Crippen LogP contribution in [0, 0.1) is 5.82 Å². The number of hydrogen-bond donors (Lipinski definition) is 2. The van der Waals surface area contributed by atoms with Crippen molar-refractivity contribution in [2.75, 3.05) is 19.6 Å². The fraction of sp³-hybridized carbons (Fsp3) is 0.632. The van der Waals surface area contributed by atoms with Crippen LogP contribution in [0.5, 0.6) is 0 Å². The number of carbonyl (C=O) groups excluding carboxylic acids is 1. The van der Waals surface area contributed by atoms with Crippen LogP contribution in [0.15, 0.2) is 18.2 Å². The van der Waals surface area contributed by atoms with Gasteiger partial charge in [-0.15, -0.1) is 0 Å². The van der Waals surface area contributed by atoms with Crippen molar-refractivity contribution in [1.82, 2.24) is 10.2 Å². The van der Waals surface area contributed by atoms with Gasteiger partial charge in [-0.2, -0.15) is 0 Å². The van der Waals surface area contributed by atoms with E-state index in [0.29, 0.717) is 25.1 Å². The van der Waals surface area contributed by atoms with Crippen LogP contribution < -0.4 is 5.32 Å². The average molecular weight is 334 g/mol. The smallest absolute Gasteiger partial charge is 0.237 e. The van der Waals surface area contributed by atoms with Gasteiger partial charge in [0.05, 0.1) is 18.2 Å². The van der Waals surface area contributed by atoms with Crippen molar-refractivity contribution in [3.8, 4) is 0 Å². The van der Waals surface area contributed by atoms with Crippen LogP contribution in [0.25, 0.3) is 0 Å². The van der Waals surface area contributed by atoms with Gasteiger partial charge in [0.1, 0.15) is 5.82 Å². The maximum atomic E-state index is 14.1. The molecule has 4 nitrogen and oxygen atoms in total. The van der Waals surface area contributed by atoms with Crippen LogP contribution in [-0.2, 0) is 11.2 Å². The second kappa shape index (κ2) is 7.19. The molecule has 3 rings (SSSR count). The number of hydrogen-bond acceptors (Lipinski definition) is 3. The Labute approximate surface area is 143 Å². The number of fused-ring (bicyclic) bond motifs is 1. The van der Waals surface area contributed by atoms with Crippen LogP contribution in [0.2, 0.25) is 0 Å². The molecule has 1 unspecified atom stereocenters. The monoisotopic (exact) mass is 334 g/mol. The number of benzene rings is 1. The standard InChI is InChI=1S/C19H27FN2O2/c1-14-18-15(6-5-7-16(18)20)8-11-22(14)17(23)12-21-13-19(24)9-3-2-4-10-19/h5-7,14,21,24H,2-4,8-13H2,1H3. The Bertz CT molecular complexity index is 599. The molecular weight excluding hydrogens is 307 g/mol. The van der Waals surface area contributed by atoms with Crippen LogP contribution in [-0.4, -0.2) is 41.1 Å². The summed E-state index contributed by atoms with van der Waals surface area (Å²) in [5.41, 5.74) is 0.962. The highest BCUT2D eigenvalue weighted by Crippen LogP contribution is 2.31. The first-order valence-electron chi connectivity index (χ1n) is 9.00. The highest BCUT2D eigenvalue weighted by molar-refractivity contribution is 5.79. The minimum atomic E-state index is -0.676. The molecule has 1 amide bonds. The molecule has 5 heteroatoms. The van der Waals surface area contributed by atoms with E-state index in [1.54, 1.807) is 11.0 Å². The molecule has 1 fully saturated rings. The fourth-order valence-electron chi connectivity index (χ4n) is 4.09. The van der Waals surface area contributed by atoms with Crippen LogP contribution in [0.3, 0.4) is 0 Å². The van der Waals surface area contributed by atoms with E-state index in [1.807, 2.05) is 13.0 Å². The zero-order valence-corrected chi connectivity index (χ0v) is 14.4. The highest BCUT2D eigenvalue weighted by atomic mass is 19.1. The summed E-state index contributed by atoms with van der Waals surface area (Å²) in [5, 5.41) is 13.6. The van der Waals surface area contributed by atoms with Gasteiger partial charge in [-0.3, -0.25) is 4.79 Å². The van der Waals surface area contributed by atoms with Crippen LogP contribution in [0.1, 0.15) is 56.2 Å². The third-order valence-corrected chi connectivity index (χ3v) is 5.49. The number of rotatable bonds is 4. The summed E-state index contributed by atoms with van der Waals surface area (Å²) in [7, 11) is 0. The Kier molecular flexibility index (Phi) is 5.21. The second-order valence-electron chi connectivity index (χ2n) is 7.21. The van der Waals surface area contributed by atoms with Gasteiger partial charge < -0.3 is 15.3 Å². The maximum absolute atomic E-state index is 14.1. The van der Waals surface area contributed by atoms with E-state index >= 15 is 0 Å². The van der Waals surface area contributed by atoms with E-state index in [2.05, 4.69) is 5.32 Å². The lowest BCUT2D eigenvalue weighted by atomic mass is 9.85. The molecule has 1 saturated carbocycles. The third kappa shape index (κ3) is 3.62. The summed E-state index contributed by atoms with van der Waals surface area (Å²) in [6.07, 6.45) is 5.56. The van der Waals surface area contributed by atoms with E-state index in [1.165, 1.54) is 12.5 Å². The second-order valence-corrected chi connectivity index (χ2v) is 7.21. The minimum absolute atomic E-state index is 0.0317. The Morgan fingerprint density at radius 2 is 2.12 bits per heavy atom. The highest BCUT2D eigenvalue weighted by Gasteiger charge is 2.31. The molecular formula is C19H27FN2O2. The van der Waals surface area contributed by atoms with Gasteiger partial charge in [-0.05, 0) is 37.8 Å². The van der Waals surface area contributed by atoms with E-state index in [-0.39, 0.29) is 24.3 Å². The molecule has 1 atom stereocenters. The van der Waals surface area contributed by atoms with Crippen molar-refractivity contribution in [3.63, 3.8) is 0 Å². The van der Waals surface area contributed by atoms with Crippen molar-refractivity contribution in [2.24, 2.45) is 0 Å². The first-order valence-corrected chi connectivity index (χ1v) is 9.00. The zero-order valence-electron chi connectivity index (χ0n) is 14.4. The average Bonchev–Trinajstić information content (AvgIpc) is 2.55. The third-order valence-electron chi connectivity index (χ3n) is 5.49. The van der Waals surface area contributed by atoms with Gasteiger partial charge in [0.15, 0.2) is 0 Å². The van der Waals surface area contributed by atoms with Crippen molar-refractivity contribution in [1.29, 1.82) is 0 Å². The summed E-state index contributed by atoms with van der Waals surface area (Å²) < 4.78 is 14.1. The largest absolute Gasteiger partial charge is 0.389 e. The first kappa shape index (κ1) is 17.4. The molecule has 24 heavy (non-hydrogen) atoms. The van der Waals surface area contributed by atoms with Crippen molar-refractivity contribution in [3.05, 3.63) is 35.1 Å². The number of carbonyl (C=O) groups is 1. The van der Waals surface area contributed by atoms with E-state index in [4.69, 9.17) is 0 Å². The molecule has 1 aliphatic carbocycles. The van der Waals surface area contributed by atoms with E-state index in [0.717, 1.165) is 31.2 Å². The normalized spacial score (nSPS) is 23.0. The Morgan fingerprint density at radius 1 is 1.38 bits per heavy atom. The summed E-state index contributed by atoms with van der Waals surface area (Å²) in [4.78, 5) is 14.3. The van der Waals surface area contributed by atoms with Gasteiger partial charge in [0.2, 0.25) is 5.91 Å². The molecule has 0 aromatic heterocycles. The first-order chi connectivity index (χ1) is 11.5. The SMILES string of the molecule is CC1c2c(F)cccc2CCN1C(=O)CNCC1(O)CCCCC1. The van der Waals surface area contributed by atoms with Gasteiger partial charge >= 0.3 is 0 Å². The quantitative estimate of drug-likeness (QED) is 0.890. The molecule has 0 radical (unpaired) electrons. The number of nitrogens with one attached hydrogen (secondary N) is 1. The maximum Gasteiger partial charge on any atom is 0.237 e. The number of nitrogens with zero attached hydrogens (tertiary/aromatic N) is 1. The Morgan fingerprint density at radius 3 is 2.88 bits per heavy atom. The molecule has 0 spiro atoms. The lowest BCUT2D eigenvalue weighted by molar-refractivity contribution is -0.133. The van der Waals surface area contributed by atoms with Crippen molar-refractivity contribution in [2.45, 2.75) is 57.1 Å². The molecule has 0 bridgehead atoms. The molecule has 2 aliphatic rings. The number of amides is 1. The molecule has 1 heterocycles. The van der Waals surface area contributed by atoms with Gasteiger partial charge in [-0.1, -0.05) is 31.4 Å². The predicted octanol–water partition coefficient (Wildman–Crippen LogP) is 2.56. The summed E-state index contributed by atoms with van der Waals surface area (Å²) in [6, 6.07) is 4.88. The molecule has 1 aliphatic heterocycles. The number of aliphatic hydroxyl groups is 1. The topological polar surface area (TPSA) is 52.6 Å². The predicted molar refractivity (Wildman–Crippen MR) is 91.1 cm³/mol. The molecule has 1 aromatic rings. The van der Waals surface area contributed by atoms with Crippen LogP contribution in [0.4, 0.5) is 4.39 Å². The summed E-state index contributed by atoms with van der Waals surface area (Å²) in [6.45, 7) is 3.14. The molecule has 2 N–H and O–H groups in total. The molecule has 1 aromatic carbocycles. The summed E-state index contributed by atoms with van der Waals surface area (Å²) >= 11 is 0. The van der Waals surface area contributed by atoms with E-state index in [9.17, 15) is 14.3 Å². The van der Waals surface area contributed by atoms with Gasteiger partial charge in [-0.25, -0.2) is 4.39 Å². The Hall–Kier alpha value is -1.46. The van der Waals surface area contributed by atoms with Gasteiger partial charge in [0, 0.05) is 18.7 Å². The van der Waals surface area contributed by atoms with Crippen molar-refractivity contribution >= 4 is 5.91 Å². The lowest BCUT2D eigenvalue weighted by Gasteiger charge is -2.36. The minimum Gasteiger partial charge on any atom is -0.389 e. The number of halogens is 1. The zero-order chi connectivity index (χ0) is 17.2. The fourth-order valence-corrected chi connectivity index (χ4v) is 4.09. The Balaban J connectivity index is 1.57. The van der Waals surface area contributed by atoms with E-state index < -0.39 is 5.60 Å². The lowest BCUT2D eigenvalue weighted by Crippen LogP contribution is -2.47. The van der Waals surface area contributed by atoms with Crippen LogP contribution >= 0.6 is 0 Å². The molecule has 0 saturated heterocycles.